The maximum absolute atomic E-state index is 15.2. The smallest absolute Gasteiger partial charge is 0.270 e. The first-order chi connectivity index (χ1) is 18.2. The van der Waals surface area contributed by atoms with Crippen LogP contribution in [0.1, 0.15) is 53.3 Å². The molecule has 2 N–H and O–H groups in total. The van der Waals surface area contributed by atoms with E-state index in [9.17, 15) is 22.8 Å². The molecule has 1 aromatic carbocycles. The molecule has 1 amide bonds. The van der Waals surface area contributed by atoms with Crippen LogP contribution in [-0.2, 0) is 6.54 Å². The first-order valence-corrected chi connectivity index (χ1v) is 12.7. The van der Waals surface area contributed by atoms with E-state index >= 15 is 4.39 Å². The standard InChI is InChI=1S/C26H26F4N6O2/c27-20-14(4-5-17-22(20)34-25(38)21(32-17)16-12-26(16,29)30)13-35-8-10-36(11-9-35)19-7-6-18(33-23(19)28)24(37)31-15-2-1-3-15/h4-7,15-16H,1-3,8-13H2,(H,31,37)(H,34,38)/t16-/m1/s1. The molecule has 0 bridgehead atoms. The van der Waals surface area contributed by atoms with Crippen molar-refractivity contribution >= 4 is 22.6 Å². The van der Waals surface area contributed by atoms with Crippen LogP contribution in [0.5, 0.6) is 0 Å². The maximum atomic E-state index is 15.2. The summed E-state index contributed by atoms with van der Waals surface area (Å²) in [5.74, 6) is -5.90. The average Bonchev–Trinajstić information content (AvgIpc) is 3.51. The first-order valence-electron chi connectivity index (χ1n) is 12.7. The van der Waals surface area contributed by atoms with Crippen LogP contribution >= 0.6 is 0 Å². The van der Waals surface area contributed by atoms with Crippen molar-refractivity contribution in [2.24, 2.45) is 0 Å². The summed E-state index contributed by atoms with van der Waals surface area (Å²) in [6, 6.07) is 6.28. The number of H-pyrrole nitrogens is 1. The van der Waals surface area contributed by atoms with Gasteiger partial charge in [-0.3, -0.25) is 14.5 Å². The van der Waals surface area contributed by atoms with Crippen molar-refractivity contribution < 1.29 is 22.4 Å². The number of aromatic amines is 1. The fourth-order valence-corrected chi connectivity index (χ4v) is 5.04. The van der Waals surface area contributed by atoms with E-state index in [0.717, 1.165) is 19.3 Å². The predicted molar refractivity (Wildman–Crippen MR) is 131 cm³/mol. The minimum atomic E-state index is -2.94. The van der Waals surface area contributed by atoms with Crippen LogP contribution in [0.15, 0.2) is 29.1 Å². The lowest BCUT2D eigenvalue weighted by molar-refractivity contribution is 0.0910. The molecule has 8 nitrogen and oxygen atoms in total. The van der Waals surface area contributed by atoms with Gasteiger partial charge in [-0.15, -0.1) is 0 Å². The Morgan fingerprint density at radius 1 is 1.08 bits per heavy atom. The zero-order chi connectivity index (χ0) is 26.6. The largest absolute Gasteiger partial charge is 0.365 e. The van der Waals surface area contributed by atoms with Crippen LogP contribution in [0.4, 0.5) is 23.2 Å². The number of benzene rings is 1. The van der Waals surface area contributed by atoms with E-state index in [-0.39, 0.29) is 40.9 Å². The van der Waals surface area contributed by atoms with E-state index in [1.807, 2.05) is 9.80 Å². The summed E-state index contributed by atoms with van der Waals surface area (Å²) >= 11 is 0. The van der Waals surface area contributed by atoms with Gasteiger partial charge in [-0.05, 0) is 37.5 Å². The van der Waals surface area contributed by atoms with Gasteiger partial charge >= 0.3 is 0 Å². The zero-order valence-electron chi connectivity index (χ0n) is 20.4. The molecule has 38 heavy (non-hydrogen) atoms. The topological polar surface area (TPSA) is 94.2 Å². The first kappa shape index (κ1) is 24.8. The van der Waals surface area contributed by atoms with Crippen molar-refractivity contribution in [2.75, 3.05) is 31.1 Å². The van der Waals surface area contributed by atoms with Crippen LogP contribution in [0.2, 0.25) is 0 Å². The van der Waals surface area contributed by atoms with Gasteiger partial charge in [-0.2, -0.15) is 4.39 Å². The van der Waals surface area contributed by atoms with Gasteiger partial charge in [0.1, 0.15) is 16.9 Å². The average molecular weight is 531 g/mol. The Labute approximate surface area is 215 Å². The molecule has 0 radical (unpaired) electrons. The normalized spacial score (nSPS) is 21.4. The Kier molecular flexibility index (Phi) is 6.09. The number of anilines is 1. The van der Waals surface area contributed by atoms with Crippen molar-refractivity contribution in [3.8, 4) is 0 Å². The van der Waals surface area contributed by atoms with Gasteiger partial charge < -0.3 is 15.2 Å². The molecule has 3 aromatic rings. The number of rotatable bonds is 6. The third kappa shape index (κ3) is 4.61. The number of halogens is 4. The van der Waals surface area contributed by atoms with Gasteiger partial charge in [0.2, 0.25) is 5.95 Å². The number of carbonyl (C=O) groups is 1. The molecule has 1 aliphatic heterocycles. The molecule has 3 heterocycles. The number of amides is 1. The summed E-state index contributed by atoms with van der Waals surface area (Å²) in [7, 11) is 0. The Bertz CT molecular complexity index is 1470. The molecule has 2 saturated carbocycles. The van der Waals surface area contributed by atoms with Gasteiger partial charge in [0.25, 0.3) is 17.4 Å². The molecule has 6 rings (SSSR count). The lowest BCUT2D eigenvalue weighted by Gasteiger charge is -2.36. The molecule has 12 heteroatoms. The quantitative estimate of drug-likeness (QED) is 0.375. The van der Waals surface area contributed by atoms with E-state index < -0.39 is 35.6 Å². The van der Waals surface area contributed by atoms with Crippen molar-refractivity contribution in [1.29, 1.82) is 0 Å². The van der Waals surface area contributed by atoms with E-state index in [1.165, 1.54) is 12.1 Å². The van der Waals surface area contributed by atoms with E-state index in [2.05, 4.69) is 20.3 Å². The highest BCUT2D eigenvalue weighted by Crippen LogP contribution is 2.54. The second-order valence-electron chi connectivity index (χ2n) is 10.3. The van der Waals surface area contributed by atoms with E-state index in [0.29, 0.717) is 37.4 Å². The molecule has 2 aliphatic carbocycles. The predicted octanol–water partition coefficient (Wildman–Crippen LogP) is 3.32. The molecular formula is C26H26F4N6O2. The summed E-state index contributed by atoms with van der Waals surface area (Å²) in [6.45, 7) is 2.23. The lowest BCUT2D eigenvalue weighted by Crippen LogP contribution is -2.46. The Balaban J connectivity index is 1.10. The number of carbonyl (C=O) groups excluding carboxylic acids is 1. The van der Waals surface area contributed by atoms with Gasteiger partial charge in [0.05, 0.1) is 17.1 Å². The minimum absolute atomic E-state index is 0.0501. The molecule has 2 aromatic heterocycles. The van der Waals surface area contributed by atoms with Crippen molar-refractivity contribution in [1.82, 2.24) is 25.2 Å². The zero-order valence-corrected chi connectivity index (χ0v) is 20.4. The third-order valence-electron chi connectivity index (χ3n) is 7.68. The van der Waals surface area contributed by atoms with Gasteiger partial charge in [0.15, 0.2) is 5.82 Å². The summed E-state index contributed by atoms with van der Waals surface area (Å²) in [5.41, 5.74) is -0.348. The number of alkyl halides is 2. The number of nitrogens with one attached hydrogen (secondary N) is 2. The SMILES string of the molecule is O=C(NC1CCC1)c1ccc(N2CCN(Cc3ccc4nc([C@H]5CC5(F)F)c(=O)[nH]c4c3F)CC2)c(F)n1. The lowest BCUT2D eigenvalue weighted by atomic mass is 9.93. The van der Waals surface area contributed by atoms with E-state index in [1.54, 1.807) is 12.1 Å². The summed E-state index contributed by atoms with van der Waals surface area (Å²) in [4.78, 5) is 38.7. The van der Waals surface area contributed by atoms with Crippen molar-refractivity contribution in [2.45, 2.75) is 50.1 Å². The second-order valence-corrected chi connectivity index (χ2v) is 10.3. The summed E-state index contributed by atoms with van der Waals surface area (Å²) in [6.07, 6.45) is 2.50. The Morgan fingerprint density at radius 2 is 1.82 bits per heavy atom. The maximum Gasteiger partial charge on any atom is 0.270 e. The molecule has 0 spiro atoms. The molecule has 1 atom stereocenters. The number of nitrogens with zero attached hydrogens (tertiary/aromatic N) is 4. The van der Waals surface area contributed by atoms with Gasteiger partial charge in [-0.1, -0.05) is 6.07 Å². The number of fused-ring (bicyclic) bond motifs is 1. The fourth-order valence-electron chi connectivity index (χ4n) is 5.04. The number of hydrogen-bond acceptors (Lipinski definition) is 6. The van der Waals surface area contributed by atoms with E-state index in [4.69, 9.17) is 0 Å². The highest BCUT2D eigenvalue weighted by molar-refractivity contribution is 5.92. The monoisotopic (exact) mass is 530 g/mol. The highest BCUT2D eigenvalue weighted by Gasteiger charge is 2.59. The Hall–Kier alpha value is -3.54. The number of hydrogen-bond donors (Lipinski definition) is 2. The van der Waals surface area contributed by atoms with Crippen molar-refractivity contribution in [3.05, 3.63) is 63.3 Å². The molecule has 1 saturated heterocycles. The van der Waals surface area contributed by atoms with Crippen molar-refractivity contribution in [3.63, 3.8) is 0 Å². The molecule has 3 fully saturated rings. The highest BCUT2D eigenvalue weighted by atomic mass is 19.3. The molecule has 0 unspecified atom stereocenters. The van der Waals surface area contributed by atoms with Crippen LogP contribution in [0, 0.1) is 11.8 Å². The molecular weight excluding hydrogens is 504 g/mol. The molecule has 200 valence electrons. The van der Waals surface area contributed by atoms with Crippen LogP contribution in [0.3, 0.4) is 0 Å². The number of pyridine rings is 1. The van der Waals surface area contributed by atoms with Crippen LogP contribution in [0.25, 0.3) is 11.0 Å². The third-order valence-corrected chi connectivity index (χ3v) is 7.68. The van der Waals surface area contributed by atoms with Gasteiger partial charge in [-0.25, -0.2) is 23.1 Å². The number of piperazine rings is 1. The Morgan fingerprint density at radius 3 is 2.45 bits per heavy atom. The second kappa shape index (κ2) is 9.33. The summed E-state index contributed by atoms with van der Waals surface area (Å²) in [5, 5.41) is 2.85. The minimum Gasteiger partial charge on any atom is -0.365 e. The van der Waals surface area contributed by atoms with Crippen LogP contribution in [-0.4, -0.2) is 63.9 Å². The summed E-state index contributed by atoms with van der Waals surface area (Å²) < 4.78 is 56.8. The van der Waals surface area contributed by atoms with Gasteiger partial charge in [0, 0.05) is 50.7 Å². The number of aromatic nitrogens is 3. The fraction of sp³-hybridized carbons (Fsp3) is 0.462. The molecule has 3 aliphatic rings. The van der Waals surface area contributed by atoms with Crippen LogP contribution < -0.4 is 15.8 Å².